The van der Waals surface area contributed by atoms with E-state index in [-0.39, 0.29) is 17.3 Å². The first-order valence-corrected chi connectivity index (χ1v) is 3.52. The minimum Gasteiger partial charge on any atom is -0.329 e. The van der Waals surface area contributed by atoms with Crippen molar-refractivity contribution in [2.75, 3.05) is 5.43 Å². The van der Waals surface area contributed by atoms with Crippen molar-refractivity contribution in [2.45, 2.75) is 0 Å². The molecule has 9 heteroatoms. The Kier molecular flexibility index (Phi) is 1.82. The van der Waals surface area contributed by atoms with Gasteiger partial charge < -0.3 is 4.98 Å². The zero-order chi connectivity index (χ0) is 9.97. The molecule has 3 N–H and O–H groups in total. The van der Waals surface area contributed by atoms with Crippen LogP contribution in [0.2, 0.25) is 0 Å². The Labute approximate surface area is 76.4 Å². The summed E-state index contributed by atoms with van der Waals surface area (Å²) < 4.78 is 0. The molecule has 0 spiro atoms. The highest BCUT2D eigenvalue weighted by molar-refractivity contribution is 5.81. The molecular formula is C5H4N8O. The summed E-state index contributed by atoms with van der Waals surface area (Å²) in [5.41, 5.74) is 9.37. The highest BCUT2D eigenvalue weighted by atomic mass is 16.3. The maximum Gasteiger partial charge on any atom is 0.249 e. The van der Waals surface area contributed by atoms with Gasteiger partial charge in [-0.3, -0.25) is 0 Å². The molecule has 0 aliphatic rings. The summed E-state index contributed by atoms with van der Waals surface area (Å²) in [4.78, 5) is 24.4. The fraction of sp³-hybridized carbons (Fsp3) is 0. The molecule has 0 saturated carbocycles. The molecule has 0 aliphatic carbocycles. The molecular weight excluding hydrogens is 188 g/mol. The number of imidazole rings is 1. The molecule has 0 amide bonds. The minimum atomic E-state index is -0.0950. The third-order valence-electron chi connectivity index (χ3n) is 1.50. The second-order valence-electron chi connectivity index (χ2n) is 2.29. The molecule has 0 radical (unpaired) electrons. The van der Waals surface area contributed by atoms with Crippen LogP contribution < -0.4 is 5.43 Å². The molecule has 2 rings (SSSR count). The minimum absolute atomic E-state index is 0.0198. The maximum absolute atomic E-state index is 10.4. The highest BCUT2D eigenvalue weighted by Crippen LogP contribution is 2.20. The van der Waals surface area contributed by atoms with Gasteiger partial charge >= 0.3 is 0 Å². The highest BCUT2D eigenvalue weighted by Gasteiger charge is 2.09. The number of nitroso groups, excluding NO2 is 1. The maximum atomic E-state index is 10.4. The number of anilines is 1. The van der Waals surface area contributed by atoms with Gasteiger partial charge in [-0.25, -0.2) is 10.4 Å². The first-order chi connectivity index (χ1) is 6.85. The molecule has 0 aromatic carbocycles. The number of hydrogen-bond donors (Lipinski definition) is 3. The first kappa shape index (κ1) is 8.16. The Hall–Kier alpha value is -2.45. The summed E-state index contributed by atoms with van der Waals surface area (Å²) in [6.45, 7) is 0. The van der Waals surface area contributed by atoms with Gasteiger partial charge in [-0.15, -0.1) is 4.91 Å². The molecule has 0 fully saturated rings. The molecule has 2 aromatic rings. The zero-order valence-corrected chi connectivity index (χ0v) is 6.72. The van der Waals surface area contributed by atoms with E-state index in [2.05, 4.69) is 35.8 Å². The average molecular weight is 192 g/mol. The Morgan fingerprint density at radius 2 is 2.36 bits per heavy atom. The van der Waals surface area contributed by atoms with Crippen LogP contribution in [0.15, 0.2) is 16.7 Å². The summed E-state index contributed by atoms with van der Waals surface area (Å²) >= 11 is 0. The smallest absolute Gasteiger partial charge is 0.249 e. The van der Waals surface area contributed by atoms with Crippen molar-refractivity contribution in [2.24, 2.45) is 10.4 Å². The van der Waals surface area contributed by atoms with Crippen LogP contribution in [0.3, 0.4) is 0 Å². The summed E-state index contributed by atoms with van der Waals surface area (Å²) in [6, 6.07) is 0. The van der Waals surface area contributed by atoms with Crippen LogP contribution in [0.25, 0.3) is 11.2 Å². The van der Waals surface area contributed by atoms with E-state index in [1.807, 2.05) is 0 Å². The molecule has 2 heterocycles. The number of aromatic nitrogens is 4. The van der Waals surface area contributed by atoms with Gasteiger partial charge in [0.1, 0.15) is 0 Å². The van der Waals surface area contributed by atoms with Crippen molar-refractivity contribution < 1.29 is 0 Å². The molecule has 9 nitrogen and oxygen atoms in total. The van der Waals surface area contributed by atoms with Gasteiger partial charge in [-0.1, -0.05) is 5.22 Å². The van der Waals surface area contributed by atoms with E-state index >= 15 is 0 Å². The molecule has 70 valence electrons. The van der Waals surface area contributed by atoms with Crippen LogP contribution in [0.1, 0.15) is 0 Å². The largest absolute Gasteiger partial charge is 0.329 e. The molecule has 2 aromatic heterocycles. The Morgan fingerprint density at radius 1 is 1.50 bits per heavy atom. The molecule has 0 atom stereocenters. The van der Waals surface area contributed by atoms with E-state index in [0.29, 0.717) is 5.65 Å². The van der Waals surface area contributed by atoms with Gasteiger partial charge in [0.2, 0.25) is 11.8 Å². The van der Waals surface area contributed by atoms with Crippen molar-refractivity contribution in [3.8, 4) is 0 Å². The van der Waals surface area contributed by atoms with Crippen LogP contribution in [-0.2, 0) is 0 Å². The summed E-state index contributed by atoms with van der Waals surface area (Å²) in [7, 11) is 0. The third kappa shape index (κ3) is 1.16. The number of fused-ring (bicyclic) bond motifs is 1. The SMILES string of the molecule is N=NNc1nc(N=O)c2nc[nH]c2n1. The van der Waals surface area contributed by atoms with Gasteiger partial charge in [0.05, 0.1) is 6.33 Å². The number of H-pyrrole nitrogens is 1. The number of aromatic amines is 1. The third-order valence-corrected chi connectivity index (χ3v) is 1.50. The molecule has 0 saturated heterocycles. The lowest BCUT2D eigenvalue weighted by Crippen LogP contribution is -1.95. The van der Waals surface area contributed by atoms with E-state index in [1.54, 1.807) is 0 Å². The van der Waals surface area contributed by atoms with E-state index in [4.69, 9.17) is 5.53 Å². The second kappa shape index (κ2) is 3.12. The predicted molar refractivity (Wildman–Crippen MR) is 45.9 cm³/mol. The fourth-order valence-electron chi connectivity index (χ4n) is 0.984. The average Bonchev–Trinajstić information content (AvgIpc) is 2.65. The Bertz CT molecular complexity index is 489. The monoisotopic (exact) mass is 192 g/mol. The normalized spacial score (nSPS) is 10.0. The van der Waals surface area contributed by atoms with Crippen LogP contribution in [0.4, 0.5) is 11.8 Å². The van der Waals surface area contributed by atoms with Crippen molar-refractivity contribution in [1.29, 1.82) is 5.53 Å². The fourth-order valence-corrected chi connectivity index (χ4v) is 0.984. The van der Waals surface area contributed by atoms with Crippen molar-refractivity contribution >= 4 is 22.9 Å². The van der Waals surface area contributed by atoms with Gasteiger partial charge in [0, 0.05) is 0 Å². The number of rotatable bonds is 3. The lowest BCUT2D eigenvalue weighted by Gasteiger charge is -1.96. The summed E-state index contributed by atoms with van der Waals surface area (Å²) in [5, 5.41) is 5.56. The van der Waals surface area contributed by atoms with Crippen molar-refractivity contribution in [1.82, 2.24) is 19.9 Å². The summed E-state index contributed by atoms with van der Waals surface area (Å²) in [6.07, 6.45) is 1.37. The van der Waals surface area contributed by atoms with Crippen LogP contribution in [-0.4, -0.2) is 19.9 Å². The van der Waals surface area contributed by atoms with Gasteiger partial charge in [-0.2, -0.15) is 15.5 Å². The van der Waals surface area contributed by atoms with Crippen LogP contribution in [0.5, 0.6) is 0 Å². The van der Waals surface area contributed by atoms with Crippen molar-refractivity contribution in [3.05, 3.63) is 11.2 Å². The Morgan fingerprint density at radius 3 is 3.07 bits per heavy atom. The number of hydrogen-bond acceptors (Lipinski definition) is 7. The Balaban J connectivity index is 2.66. The molecule has 0 bridgehead atoms. The number of nitrogens with zero attached hydrogens (tertiary/aromatic N) is 5. The van der Waals surface area contributed by atoms with E-state index in [1.165, 1.54) is 6.33 Å². The number of nitrogens with one attached hydrogen (secondary N) is 3. The van der Waals surface area contributed by atoms with E-state index in [9.17, 15) is 4.91 Å². The standard InChI is InChI=1S/C5H4N8O/c6-13-11-5-9-3-2(7-1-8-3)4(10-5)12-14/h1H,(H3,6,7,8,9,10,11). The second-order valence-corrected chi connectivity index (χ2v) is 2.29. The quantitative estimate of drug-likeness (QED) is 0.380. The lowest BCUT2D eigenvalue weighted by atomic mass is 10.5. The lowest BCUT2D eigenvalue weighted by molar-refractivity contribution is 1.01. The van der Waals surface area contributed by atoms with Gasteiger partial charge in [0.15, 0.2) is 11.2 Å². The predicted octanol–water partition coefficient (Wildman–Crippen LogP) is 1.11. The zero-order valence-electron chi connectivity index (χ0n) is 6.72. The molecule has 0 aliphatic heterocycles. The molecule has 0 unspecified atom stereocenters. The summed E-state index contributed by atoms with van der Waals surface area (Å²) in [5.74, 6) is -0.0752. The van der Waals surface area contributed by atoms with Gasteiger partial charge in [-0.05, 0) is 5.18 Å². The van der Waals surface area contributed by atoms with E-state index in [0.717, 1.165) is 0 Å². The van der Waals surface area contributed by atoms with Crippen molar-refractivity contribution in [3.63, 3.8) is 0 Å². The first-order valence-electron chi connectivity index (χ1n) is 3.52. The topological polar surface area (TPSA) is 132 Å². The van der Waals surface area contributed by atoms with Crippen LogP contribution in [0, 0.1) is 10.4 Å². The molecule has 14 heavy (non-hydrogen) atoms. The van der Waals surface area contributed by atoms with E-state index < -0.39 is 0 Å². The van der Waals surface area contributed by atoms with Gasteiger partial charge in [0.25, 0.3) is 0 Å². The van der Waals surface area contributed by atoms with Crippen LogP contribution >= 0.6 is 0 Å².